The zero-order chi connectivity index (χ0) is 12.6. The average molecular weight is 349 g/mol. The molecule has 0 spiro atoms. The summed E-state index contributed by atoms with van der Waals surface area (Å²) in [6.45, 7) is 2.90. The summed E-state index contributed by atoms with van der Waals surface area (Å²) in [5.74, 6) is 0. The number of aliphatic hydroxyl groups excluding tert-OH is 1. The summed E-state index contributed by atoms with van der Waals surface area (Å²) in [4.78, 5) is 0. The summed E-state index contributed by atoms with van der Waals surface area (Å²) >= 11 is 9.94. The molecule has 0 aliphatic rings. The Morgan fingerprint density at radius 2 is 2.19 bits per heavy atom. The van der Waals surface area contributed by atoms with Crippen molar-refractivity contribution in [2.75, 3.05) is 6.61 Å². The molecule has 0 bridgehead atoms. The van der Waals surface area contributed by atoms with E-state index in [9.17, 15) is 8.42 Å². The van der Waals surface area contributed by atoms with E-state index in [1.54, 1.807) is 13.8 Å². The molecule has 0 unspecified atom stereocenters. The summed E-state index contributed by atoms with van der Waals surface area (Å²) in [5, 5.41) is 9.36. The molecule has 92 valence electrons. The van der Waals surface area contributed by atoms with Crippen LogP contribution in [0.5, 0.6) is 0 Å². The highest BCUT2D eigenvalue weighted by molar-refractivity contribution is 9.11. The van der Waals surface area contributed by atoms with Crippen molar-refractivity contribution in [2.24, 2.45) is 0 Å². The normalized spacial score (nSPS) is 13.1. The van der Waals surface area contributed by atoms with Crippen LogP contribution in [0.4, 0.5) is 0 Å². The van der Waals surface area contributed by atoms with E-state index in [0.29, 0.717) is 8.81 Å². The van der Waals surface area contributed by atoms with Crippen LogP contribution < -0.4 is 4.72 Å². The number of sulfonamides is 1. The molecule has 0 fully saturated rings. The van der Waals surface area contributed by atoms with Crippen LogP contribution in [0.1, 0.15) is 13.8 Å². The molecule has 0 amide bonds. The van der Waals surface area contributed by atoms with Gasteiger partial charge in [0, 0.05) is 0 Å². The van der Waals surface area contributed by atoms with Gasteiger partial charge in [-0.25, -0.2) is 13.1 Å². The standard InChI is InChI=1S/C8H11BrClNO3S2/c1-8(2,4-12)11-16(13,14)6-3-5(10)7(9)15-6/h3,11-12H,4H2,1-2H3. The van der Waals surface area contributed by atoms with Gasteiger partial charge in [0.05, 0.1) is 21.0 Å². The minimum absolute atomic E-state index is 0.117. The van der Waals surface area contributed by atoms with E-state index in [0.717, 1.165) is 11.3 Å². The summed E-state index contributed by atoms with van der Waals surface area (Å²) in [7, 11) is -3.64. The molecule has 1 aromatic rings. The molecule has 1 heterocycles. The van der Waals surface area contributed by atoms with Gasteiger partial charge in [-0.15, -0.1) is 11.3 Å². The molecular formula is C8H11BrClNO3S2. The monoisotopic (exact) mass is 347 g/mol. The van der Waals surface area contributed by atoms with Crippen LogP contribution in [-0.4, -0.2) is 25.7 Å². The van der Waals surface area contributed by atoms with Gasteiger partial charge in [-0.05, 0) is 35.8 Å². The molecule has 4 nitrogen and oxygen atoms in total. The van der Waals surface area contributed by atoms with Crippen LogP contribution in [-0.2, 0) is 10.0 Å². The number of thiophene rings is 1. The molecule has 2 N–H and O–H groups in total. The third-order valence-corrected chi connectivity index (χ3v) is 6.34. The smallest absolute Gasteiger partial charge is 0.250 e. The highest BCUT2D eigenvalue weighted by Crippen LogP contribution is 2.34. The van der Waals surface area contributed by atoms with Gasteiger partial charge in [-0.1, -0.05) is 11.6 Å². The lowest BCUT2D eigenvalue weighted by molar-refractivity contribution is 0.208. The van der Waals surface area contributed by atoms with Crippen molar-refractivity contribution < 1.29 is 13.5 Å². The molecule has 0 atom stereocenters. The predicted octanol–water partition coefficient (Wildman–Crippen LogP) is 2.21. The van der Waals surface area contributed by atoms with E-state index in [-0.39, 0.29) is 10.8 Å². The molecule has 1 rings (SSSR count). The van der Waals surface area contributed by atoms with Gasteiger partial charge >= 0.3 is 0 Å². The predicted molar refractivity (Wildman–Crippen MR) is 68.5 cm³/mol. The second-order valence-corrected chi connectivity index (χ2v) is 8.52. The maximum atomic E-state index is 11.9. The SMILES string of the molecule is CC(C)(CO)NS(=O)(=O)c1cc(Cl)c(Br)s1. The first-order chi connectivity index (χ1) is 7.18. The fourth-order valence-electron chi connectivity index (χ4n) is 0.905. The van der Waals surface area contributed by atoms with Crippen molar-refractivity contribution in [1.82, 2.24) is 4.72 Å². The minimum atomic E-state index is -3.64. The first-order valence-electron chi connectivity index (χ1n) is 4.27. The molecule has 0 aliphatic carbocycles. The van der Waals surface area contributed by atoms with Crippen molar-refractivity contribution in [3.8, 4) is 0 Å². The Morgan fingerprint density at radius 3 is 2.56 bits per heavy atom. The summed E-state index contributed by atoms with van der Waals surface area (Å²) in [6, 6.07) is 1.37. The second-order valence-electron chi connectivity index (χ2n) is 3.83. The lowest BCUT2D eigenvalue weighted by Gasteiger charge is -2.22. The molecular weight excluding hydrogens is 338 g/mol. The highest BCUT2D eigenvalue weighted by atomic mass is 79.9. The van der Waals surface area contributed by atoms with Crippen LogP contribution in [0.15, 0.2) is 14.1 Å². The van der Waals surface area contributed by atoms with Crippen molar-refractivity contribution in [1.29, 1.82) is 0 Å². The lowest BCUT2D eigenvalue weighted by atomic mass is 10.1. The molecule has 8 heteroatoms. The first-order valence-corrected chi connectivity index (χ1v) is 7.75. The lowest BCUT2D eigenvalue weighted by Crippen LogP contribution is -2.45. The van der Waals surface area contributed by atoms with E-state index >= 15 is 0 Å². The Morgan fingerprint density at radius 1 is 1.62 bits per heavy atom. The van der Waals surface area contributed by atoms with Gasteiger partial charge in [0.25, 0.3) is 10.0 Å². The van der Waals surface area contributed by atoms with Crippen LogP contribution in [0, 0.1) is 0 Å². The first kappa shape index (κ1) is 14.4. The van der Waals surface area contributed by atoms with Gasteiger partial charge in [0.1, 0.15) is 4.21 Å². The Hall–Kier alpha value is 0.340. The van der Waals surface area contributed by atoms with Gasteiger partial charge < -0.3 is 5.11 Å². The molecule has 1 aromatic heterocycles. The average Bonchev–Trinajstić information content (AvgIpc) is 2.46. The molecule has 16 heavy (non-hydrogen) atoms. The van der Waals surface area contributed by atoms with E-state index in [4.69, 9.17) is 16.7 Å². The number of hydrogen-bond donors (Lipinski definition) is 2. The largest absolute Gasteiger partial charge is 0.394 e. The molecule has 0 aliphatic heterocycles. The molecule has 0 radical (unpaired) electrons. The Kier molecular flexibility index (Phi) is 4.42. The van der Waals surface area contributed by atoms with Crippen molar-refractivity contribution in [2.45, 2.75) is 23.6 Å². The van der Waals surface area contributed by atoms with Gasteiger partial charge in [0.2, 0.25) is 0 Å². The maximum absolute atomic E-state index is 11.9. The van der Waals surface area contributed by atoms with Crippen LogP contribution in [0.2, 0.25) is 5.02 Å². The van der Waals surface area contributed by atoms with E-state index in [2.05, 4.69) is 20.7 Å². The summed E-state index contributed by atoms with van der Waals surface area (Å²) < 4.78 is 26.8. The zero-order valence-corrected chi connectivity index (χ0v) is 12.6. The van der Waals surface area contributed by atoms with Crippen LogP contribution in [0.25, 0.3) is 0 Å². The number of hydrogen-bond acceptors (Lipinski definition) is 4. The summed E-state index contributed by atoms with van der Waals surface area (Å²) in [6.07, 6.45) is 0. The Balaban J connectivity index is 3.04. The van der Waals surface area contributed by atoms with Crippen molar-refractivity contribution >= 4 is 48.9 Å². The van der Waals surface area contributed by atoms with Crippen molar-refractivity contribution in [3.63, 3.8) is 0 Å². The van der Waals surface area contributed by atoms with Gasteiger partial charge in [-0.3, -0.25) is 0 Å². The van der Waals surface area contributed by atoms with E-state index in [1.807, 2.05) is 0 Å². The number of aliphatic hydroxyl groups is 1. The quantitative estimate of drug-likeness (QED) is 0.877. The van der Waals surface area contributed by atoms with Gasteiger partial charge in [0.15, 0.2) is 0 Å². The molecule has 0 saturated heterocycles. The van der Waals surface area contributed by atoms with E-state index < -0.39 is 15.6 Å². The van der Waals surface area contributed by atoms with Crippen LogP contribution in [0.3, 0.4) is 0 Å². The molecule has 0 aromatic carbocycles. The fraction of sp³-hybridized carbons (Fsp3) is 0.500. The van der Waals surface area contributed by atoms with Crippen LogP contribution >= 0.6 is 38.9 Å². The molecule has 0 saturated carbocycles. The zero-order valence-electron chi connectivity index (χ0n) is 8.62. The maximum Gasteiger partial charge on any atom is 0.250 e. The number of rotatable bonds is 4. The summed E-state index contributed by atoms with van der Waals surface area (Å²) in [5.41, 5.74) is -0.901. The Labute approximate surface area is 112 Å². The Bertz CT molecular complexity index is 464. The number of halogens is 2. The highest BCUT2D eigenvalue weighted by Gasteiger charge is 2.27. The fourth-order valence-corrected chi connectivity index (χ4v) is 4.71. The number of nitrogens with one attached hydrogen (secondary N) is 1. The topological polar surface area (TPSA) is 66.4 Å². The second kappa shape index (κ2) is 4.91. The third-order valence-electron chi connectivity index (χ3n) is 1.69. The van der Waals surface area contributed by atoms with E-state index in [1.165, 1.54) is 6.07 Å². The minimum Gasteiger partial charge on any atom is -0.394 e. The third kappa shape index (κ3) is 3.41. The van der Waals surface area contributed by atoms with Crippen molar-refractivity contribution in [3.05, 3.63) is 14.9 Å². The van der Waals surface area contributed by atoms with Gasteiger partial charge in [-0.2, -0.15) is 0 Å².